The number of benzene rings is 2. The summed E-state index contributed by atoms with van der Waals surface area (Å²) in [5.74, 6) is 0.424. The maximum atomic E-state index is 10.2. The van der Waals surface area contributed by atoms with Crippen molar-refractivity contribution in [1.29, 1.82) is 0 Å². The molecule has 2 N–H and O–H groups in total. The van der Waals surface area contributed by atoms with Gasteiger partial charge in [-0.25, -0.2) is 4.98 Å². The molecule has 0 unspecified atom stereocenters. The number of aromatic hydroxyl groups is 2. The van der Waals surface area contributed by atoms with Gasteiger partial charge in [0.05, 0.1) is 11.4 Å². The SMILES string of the molecule is Oc1ccc(-c2cc(-c3ccsc3)cc(-c3ccccc3O)n2)cc1. The first-order chi connectivity index (χ1) is 12.2. The third-order valence-electron chi connectivity index (χ3n) is 4.02. The van der Waals surface area contributed by atoms with Crippen LogP contribution in [-0.2, 0) is 0 Å². The van der Waals surface area contributed by atoms with Gasteiger partial charge in [-0.15, -0.1) is 0 Å². The quantitative estimate of drug-likeness (QED) is 0.511. The van der Waals surface area contributed by atoms with E-state index in [4.69, 9.17) is 4.98 Å². The van der Waals surface area contributed by atoms with E-state index in [2.05, 4.69) is 11.4 Å². The second kappa shape index (κ2) is 6.42. The highest BCUT2D eigenvalue weighted by Gasteiger charge is 2.11. The van der Waals surface area contributed by atoms with Crippen LogP contribution in [0.4, 0.5) is 0 Å². The zero-order valence-corrected chi connectivity index (χ0v) is 14.1. The maximum absolute atomic E-state index is 10.2. The van der Waals surface area contributed by atoms with Crippen LogP contribution in [0, 0.1) is 0 Å². The van der Waals surface area contributed by atoms with Crippen molar-refractivity contribution in [3.05, 3.63) is 77.5 Å². The molecule has 4 heteroatoms. The summed E-state index contributed by atoms with van der Waals surface area (Å²) in [6, 6.07) is 20.2. The van der Waals surface area contributed by atoms with Crippen LogP contribution in [0.2, 0.25) is 0 Å². The summed E-state index contributed by atoms with van der Waals surface area (Å²) >= 11 is 1.64. The topological polar surface area (TPSA) is 53.4 Å². The number of aromatic nitrogens is 1. The van der Waals surface area contributed by atoms with Gasteiger partial charge in [0.15, 0.2) is 0 Å². The molecule has 0 fully saturated rings. The Hall–Kier alpha value is -3.11. The van der Waals surface area contributed by atoms with Crippen LogP contribution in [0.1, 0.15) is 0 Å². The largest absolute Gasteiger partial charge is 0.508 e. The second-order valence-electron chi connectivity index (χ2n) is 5.70. The third kappa shape index (κ3) is 3.12. The van der Waals surface area contributed by atoms with E-state index in [0.29, 0.717) is 11.3 Å². The van der Waals surface area contributed by atoms with E-state index in [1.54, 1.807) is 35.6 Å². The molecule has 0 saturated carbocycles. The van der Waals surface area contributed by atoms with Crippen molar-refractivity contribution in [2.24, 2.45) is 0 Å². The van der Waals surface area contributed by atoms with Crippen LogP contribution < -0.4 is 0 Å². The smallest absolute Gasteiger partial charge is 0.124 e. The number of rotatable bonds is 3. The van der Waals surface area contributed by atoms with Gasteiger partial charge in [0.1, 0.15) is 11.5 Å². The molecule has 0 aliphatic carbocycles. The van der Waals surface area contributed by atoms with Crippen LogP contribution in [0.25, 0.3) is 33.6 Å². The highest BCUT2D eigenvalue weighted by atomic mass is 32.1. The Morgan fingerprint density at radius 2 is 1.48 bits per heavy atom. The number of phenols is 2. The van der Waals surface area contributed by atoms with Gasteiger partial charge in [0.25, 0.3) is 0 Å². The lowest BCUT2D eigenvalue weighted by molar-refractivity contribution is 0.475. The zero-order valence-electron chi connectivity index (χ0n) is 13.3. The molecule has 122 valence electrons. The molecule has 0 aliphatic rings. The molecule has 0 amide bonds. The summed E-state index contributed by atoms with van der Waals surface area (Å²) in [4.78, 5) is 4.74. The summed E-state index contributed by atoms with van der Waals surface area (Å²) in [6.07, 6.45) is 0. The summed E-state index contributed by atoms with van der Waals surface area (Å²) < 4.78 is 0. The van der Waals surface area contributed by atoms with Crippen LogP contribution >= 0.6 is 11.3 Å². The first kappa shape index (κ1) is 15.4. The summed E-state index contributed by atoms with van der Waals surface area (Å²) in [7, 11) is 0. The van der Waals surface area contributed by atoms with Gasteiger partial charge in [-0.05, 0) is 76.5 Å². The van der Waals surface area contributed by atoms with Gasteiger partial charge >= 0.3 is 0 Å². The first-order valence-electron chi connectivity index (χ1n) is 7.83. The van der Waals surface area contributed by atoms with Crippen molar-refractivity contribution in [2.45, 2.75) is 0 Å². The van der Waals surface area contributed by atoms with E-state index in [-0.39, 0.29) is 11.5 Å². The molecule has 0 radical (unpaired) electrons. The highest BCUT2D eigenvalue weighted by Crippen LogP contribution is 2.34. The van der Waals surface area contributed by atoms with E-state index in [9.17, 15) is 10.2 Å². The maximum Gasteiger partial charge on any atom is 0.124 e. The highest BCUT2D eigenvalue weighted by molar-refractivity contribution is 7.08. The Labute approximate surface area is 149 Å². The molecule has 0 atom stereocenters. The molecule has 3 nitrogen and oxygen atoms in total. The van der Waals surface area contributed by atoms with E-state index in [1.807, 2.05) is 41.8 Å². The number of phenolic OH excluding ortho intramolecular Hbond substituents is 2. The number of hydrogen-bond donors (Lipinski definition) is 2. The van der Waals surface area contributed by atoms with E-state index >= 15 is 0 Å². The lowest BCUT2D eigenvalue weighted by Gasteiger charge is -2.10. The average molecular weight is 345 g/mol. The molecular formula is C21H15NO2S. The molecule has 0 bridgehead atoms. The lowest BCUT2D eigenvalue weighted by atomic mass is 10.0. The lowest BCUT2D eigenvalue weighted by Crippen LogP contribution is -1.91. The Bertz CT molecular complexity index is 1010. The van der Waals surface area contributed by atoms with Crippen molar-refractivity contribution in [2.75, 3.05) is 0 Å². The Balaban J connectivity index is 1.92. The molecule has 0 aliphatic heterocycles. The standard InChI is InChI=1S/C21H15NO2S/c23-17-7-5-14(6-8-17)19-11-16(15-9-10-25-13-15)12-20(22-19)18-3-1-2-4-21(18)24/h1-13,23-24H. The first-order valence-corrected chi connectivity index (χ1v) is 8.77. The predicted molar refractivity (Wildman–Crippen MR) is 102 cm³/mol. The minimum Gasteiger partial charge on any atom is -0.508 e. The van der Waals surface area contributed by atoms with Gasteiger partial charge in [-0.2, -0.15) is 11.3 Å². The minimum absolute atomic E-state index is 0.203. The van der Waals surface area contributed by atoms with E-state index in [1.165, 1.54) is 0 Å². The van der Waals surface area contributed by atoms with Gasteiger partial charge < -0.3 is 10.2 Å². The molecule has 4 aromatic rings. The molecular weight excluding hydrogens is 330 g/mol. The number of para-hydroxylation sites is 1. The molecule has 2 heterocycles. The van der Waals surface area contributed by atoms with Crippen molar-refractivity contribution >= 4 is 11.3 Å². The molecule has 4 rings (SSSR count). The number of thiophene rings is 1. The number of pyridine rings is 1. The summed E-state index contributed by atoms with van der Waals surface area (Å²) in [5.41, 5.74) is 5.26. The van der Waals surface area contributed by atoms with Crippen molar-refractivity contribution in [3.8, 4) is 45.1 Å². The fourth-order valence-electron chi connectivity index (χ4n) is 2.73. The second-order valence-corrected chi connectivity index (χ2v) is 6.48. The summed E-state index contributed by atoms with van der Waals surface area (Å²) in [5, 5.41) is 23.9. The Morgan fingerprint density at radius 3 is 2.20 bits per heavy atom. The summed E-state index contributed by atoms with van der Waals surface area (Å²) in [6.45, 7) is 0. The predicted octanol–water partition coefficient (Wildman–Crippen LogP) is 5.56. The number of hydrogen-bond acceptors (Lipinski definition) is 4. The van der Waals surface area contributed by atoms with Crippen molar-refractivity contribution in [3.63, 3.8) is 0 Å². The fraction of sp³-hybridized carbons (Fsp3) is 0. The fourth-order valence-corrected chi connectivity index (χ4v) is 3.40. The van der Waals surface area contributed by atoms with Gasteiger partial charge in [0, 0.05) is 11.1 Å². The molecule has 0 spiro atoms. The number of nitrogens with zero attached hydrogens (tertiary/aromatic N) is 1. The molecule has 2 aromatic heterocycles. The average Bonchev–Trinajstić information content (AvgIpc) is 3.17. The van der Waals surface area contributed by atoms with Crippen molar-refractivity contribution in [1.82, 2.24) is 4.98 Å². The molecule has 25 heavy (non-hydrogen) atoms. The van der Waals surface area contributed by atoms with E-state index < -0.39 is 0 Å². The van der Waals surface area contributed by atoms with Crippen LogP contribution in [0.5, 0.6) is 11.5 Å². The van der Waals surface area contributed by atoms with E-state index in [0.717, 1.165) is 22.4 Å². The molecule has 0 saturated heterocycles. The van der Waals surface area contributed by atoms with Crippen LogP contribution in [0.3, 0.4) is 0 Å². The molecule has 2 aromatic carbocycles. The van der Waals surface area contributed by atoms with Gasteiger partial charge in [-0.1, -0.05) is 12.1 Å². The van der Waals surface area contributed by atoms with Crippen LogP contribution in [-0.4, -0.2) is 15.2 Å². The Morgan fingerprint density at radius 1 is 0.720 bits per heavy atom. The monoisotopic (exact) mass is 345 g/mol. The third-order valence-corrected chi connectivity index (χ3v) is 4.71. The van der Waals surface area contributed by atoms with Crippen LogP contribution in [0.15, 0.2) is 77.5 Å². The minimum atomic E-state index is 0.203. The Kier molecular flexibility index (Phi) is 3.96. The van der Waals surface area contributed by atoms with Crippen molar-refractivity contribution < 1.29 is 10.2 Å². The van der Waals surface area contributed by atoms with Gasteiger partial charge in [0.2, 0.25) is 0 Å². The van der Waals surface area contributed by atoms with Gasteiger partial charge in [-0.3, -0.25) is 0 Å². The zero-order chi connectivity index (χ0) is 17.2. The normalized spacial score (nSPS) is 10.7.